The average molecular weight is 456 g/mol. The number of rotatable bonds is 6. The molecule has 0 spiro atoms. The molecule has 10 heteroatoms. The van der Waals surface area contributed by atoms with Crippen molar-refractivity contribution in [2.45, 2.75) is 33.4 Å². The lowest BCUT2D eigenvalue weighted by Crippen LogP contribution is -2.24. The number of aromatic nitrogens is 3. The highest BCUT2D eigenvalue weighted by molar-refractivity contribution is 6.42. The molecular formula is C20H17Cl2F2N3O3. The number of nitrogens with zero attached hydrogens (tertiary/aromatic N) is 3. The molecule has 0 amide bonds. The maximum Gasteiger partial charge on any atom is 0.341 e. The molecule has 30 heavy (non-hydrogen) atoms. The van der Waals surface area contributed by atoms with E-state index in [1.165, 1.54) is 28.9 Å². The quantitative estimate of drug-likeness (QED) is 0.565. The fraction of sp³-hybridized carbons (Fsp3) is 0.250. The number of aryl methyl sites for hydroxylation is 1. The molecule has 0 radical (unpaired) electrons. The second-order valence-electron chi connectivity index (χ2n) is 6.57. The van der Waals surface area contributed by atoms with E-state index in [0.717, 1.165) is 0 Å². The lowest BCUT2D eigenvalue weighted by molar-refractivity contribution is 0.0695. The summed E-state index contributed by atoms with van der Waals surface area (Å²) in [6, 6.07) is 7.02. The van der Waals surface area contributed by atoms with E-state index in [-0.39, 0.29) is 28.0 Å². The van der Waals surface area contributed by atoms with Gasteiger partial charge in [0.25, 0.3) is 6.43 Å². The molecule has 0 saturated heterocycles. The molecule has 2 aromatic heterocycles. The molecule has 0 unspecified atom stereocenters. The van der Waals surface area contributed by atoms with Crippen LogP contribution < -0.4 is 5.43 Å². The minimum atomic E-state index is -2.72. The van der Waals surface area contributed by atoms with Crippen molar-refractivity contribution in [1.82, 2.24) is 14.3 Å². The van der Waals surface area contributed by atoms with Gasteiger partial charge in [-0.15, -0.1) is 0 Å². The molecule has 2 heterocycles. The van der Waals surface area contributed by atoms with Gasteiger partial charge in [0.2, 0.25) is 0 Å². The topological polar surface area (TPSA) is 77.1 Å². The SMILES string of the molecule is CCn1c(Cn2nc(C(F)F)cc2C)cc(=O)c(C(=O)O)c1-c1ccc(Cl)c(Cl)c1. The van der Waals surface area contributed by atoms with Crippen molar-refractivity contribution >= 4 is 29.2 Å². The van der Waals surface area contributed by atoms with Crippen LogP contribution in [0, 0.1) is 6.92 Å². The second kappa shape index (κ2) is 8.57. The number of aromatic carboxylic acids is 1. The summed E-state index contributed by atoms with van der Waals surface area (Å²) < 4.78 is 29.0. The first-order valence-corrected chi connectivity index (χ1v) is 9.67. The van der Waals surface area contributed by atoms with E-state index in [1.54, 1.807) is 24.5 Å². The van der Waals surface area contributed by atoms with Crippen LogP contribution in [-0.2, 0) is 13.1 Å². The number of pyridine rings is 1. The van der Waals surface area contributed by atoms with Crippen molar-refractivity contribution in [2.24, 2.45) is 0 Å². The van der Waals surface area contributed by atoms with Gasteiger partial charge in [0, 0.05) is 29.6 Å². The third kappa shape index (κ3) is 4.11. The van der Waals surface area contributed by atoms with Gasteiger partial charge in [0.15, 0.2) is 5.43 Å². The monoisotopic (exact) mass is 455 g/mol. The Balaban J connectivity index is 2.25. The number of alkyl halides is 2. The molecule has 0 aliphatic carbocycles. The molecule has 1 aromatic carbocycles. The summed E-state index contributed by atoms with van der Waals surface area (Å²) in [5.41, 5.74) is -0.0335. The Morgan fingerprint density at radius 3 is 2.43 bits per heavy atom. The van der Waals surface area contributed by atoms with Crippen molar-refractivity contribution in [3.05, 3.63) is 73.2 Å². The van der Waals surface area contributed by atoms with Gasteiger partial charge in [0.05, 0.1) is 22.3 Å². The fourth-order valence-electron chi connectivity index (χ4n) is 3.29. The molecule has 6 nitrogen and oxygen atoms in total. The van der Waals surface area contributed by atoms with Crippen LogP contribution in [0.2, 0.25) is 10.0 Å². The summed E-state index contributed by atoms with van der Waals surface area (Å²) in [5, 5.41) is 14.0. The standard InChI is InChI=1S/C20H17Cl2F2N3O3/c1-3-26-12(9-27-10(2)6-15(25-27)19(23)24)8-16(28)17(20(29)30)18(26)11-4-5-13(21)14(22)7-11/h4-8,19H,3,9H2,1-2H3,(H,29,30). The Hall–Kier alpha value is -2.71. The van der Waals surface area contributed by atoms with Gasteiger partial charge in [-0.05, 0) is 32.0 Å². The fourth-order valence-corrected chi connectivity index (χ4v) is 3.59. The lowest BCUT2D eigenvalue weighted by Gasteiger charge is -2.20. The Bertz CT molecular complexity index is 1190. The maximum absolute atomic E-state index is 13.0. The third-order valence-corrected chi connectivity index (χ3v) is 5.40. The largest absolute Gasteiger partial charge is 0.477 e. The summed E-state index contributed by atoms with van der Waals surface area (Å²) in [6.45, 7) is 3.73. The minimum Gasteiger partial charge on any atom is -0.477 e. The van der Waals surface area contributed by atoms with Crippen molar-refractivity contribution in [1.29, 1.82) is 0 Å². The van der Waals surface area contributed by atoms with Gasteiger partial charge in [-0.2, -0.15) is 5.10 Å². The average Bonchev–Trinajstić information content (AvgIpc) is 3.04. The first-order chi connectivity index (χ1) is 14.1. The van der Waals surface area contributed by atoms with E-state index in [2.05, 4.69) is 5.10 Å². The molecule has 1 N–H and O–H groups in total. The molecule has 0 bridgehead atoms. The summed E-state index contributed by atoms with van der Waals surface area (Å²) in [6.07, 6.45) is -2.72. The Morgan fingerprint density at radius 1 is 1.20 bits per heavy atom. The van der Waals surface area contributed by atoms with Gasteiger partial charge in [-0.25, -0.2) is 13.6 Å². The number of carboxylic acids is 1. The second-order valence-corrected chi connectivity index (χ2v) is 7.39. The van der Waals surface area contributed by atoms with Crippen LogP contribution in [0.4, 0.5) is 8.78 Å². The molecule has 158 valence electrons. The zero-order valence-electron chi connectivity index (χ0n) is 16.0. The van der Waals surface area contributed by atoms with Crippen molar-refractivity contribution in [2.75, 3.05) is 0 Å². The van der Waals surface area contributed by atoms with Crippen molar-refractivity contribution in [3.63, 3.8) is 0 Å². The zero-order chi connectivity index (χ0) is 22.2. The molecular weight excluding hydrogens is 439 g/mol. The van der Waals surface area contributed by atoms with Gasteiger partial charge in [-0.1, -0.05) is 29.3 Å². The zero-order valence-corrected chi connectivity index (χ0v) is 17.5. The minimum absolute atomic E-state index is 0.00978. The van der Waals surface area contributed by atoms with Gasteiger partial charge in [-0.3, -0.25) is 9.48 Å². The molecule has 3 aromatic rings. The number of carboxylic acid groups (broad SMARTS) is 1. The van der Waals surface area contributed by atoms with E-state index >= 15 is 0 Å². The molecule has 0 aliphatic heterocycles. The van der Waals surface area contributed by atoms with Crippen LogP contribution in [0.3, 0.4) is 0 Å². The maximum atomic E-state index is 13.0. The van der Waals surface area contributed by atoms with E-state index < -0.39 is 23.4 Å². The number of benzene rings is 1. The number of hydrogen-bond acceptors (Lipinski definition) is 3. The predicted molar refractivity (Wildman–Crippen MR) is 110 cm³/mol. The highest BCUT2D eigenvalue weighted by Crippen LogP contribution is 2.31. The summed E-state index contributed by atoms with van der Waals surface area (Å²) >= 11 is 12.1. The summed E-state index contributed by atoms with van der Waals surface area (Å²) in [7, 11) is 0. The van der Waals surface area contributed by atoms with Crippen molar-refractivity contribution in [3.8, 4) is 11.3 Å². The van der Waals surface area contributed by atoms with Gasteiger partial charge < -0.3 is 9.67 Å². The summed E-state index contributed by atoms with van der Waals surface area (Å²) in [5.74, 6) is -1.38. The lowest BCUT2D eigenvalue weighted by atomic mass is 10.0. The highest BCUT2D eigenvalue weighted by Gasteiger charge is 2.23. The first-order valence-electron chi connectivity index (χ1n) is 8.92. The number of halogens is 4. The van der Waals surface area contributed by atoms with E-state index in [1.807, 2.05) is 0 Å². The van der Waals surface area contributed by atoms with Crippen molar-refractivity contribution < 1.29 is 18.7 Å². The van der Waals surface area contributed by atoms with Crippen LogP contribution in [0.1, 0.15) is 40.8 Å². The van der Waals surface area contributed by atoms with Crippen LogP contribution in [0.5, 0.6) is 0 Å². The molecule has 0 aliphatic rings. The van der Waals surface area contributed by atoms with E-state index in [4.69, 9.17) is 23.2 Å². The van der Waals surface area contributed by atoms with Gasteiger partial charge >= 0.3 is 5.97 Å². The normalized spacial score (nSPS) is 11.3. The smallest absolute Gasteiger partial charge is 0.341 e. The molecule has 0 saturated carbocycles. The van der Waals surface area contributed by atoms with Crippen LogP contribution in [-0.4, -0.2) is 25.4 Å². The third-order valence-electron chi connectivity index (χ3n) is 4.66. The first kappa shape index (κ1) is 22.0. The van der Waals surface area contributed by atoms with Crippen LogP contribution in [0.15, 0.2) is 35.1 Å². The number of hydrogen-bond donors (Lipinski definition) is 1. The Morgan fingerprint density at radius 2 is 1.90 bits per heavy atom. The van der Waals surface area contributed by atoms with E-state index in [9.17, 15) is 23.5 Å². The number of carbonyl (C=O) groups is 1. The Labute approximate surface area is 180 Å². The Kier molecular flexibility index (Phi) is 6.28. The van der Waals surface area contributed by atoms with E-state index in [0.29, 0.717) is 23.5 Å². The summed E-state index contributed by atoms with van der Waals surface area (Å²) in [4.78, 5) is 24.5. The van der Waals surface area contributed by atoms with Gasteiger partial charge in [0.1, 0.15) is 11.3 Å². The predicted octanol–water partition coefficient (Wildman–Crippen LogP) is 5.03. The molecule has 0 fully saturated rings. The van der Waals surface area contributed by atoms with Crippen LogP contribution >= 0.6 is 23.2 Å². The highest BCUT2D eigenvalue weighted by atomic mass is 35.5. The van der Waals surface area contributed by atoms with Crippen LogP contribution in [0.25, 0.3) is 11.3 Å². The molecule has 3 rings (SSSR count). The molecule has 0 atom stereocenters.